The van der Waals surface area contributed by atoms with E-state index in [4.69, 9.17) is 4.74 Å². The Hall–Kier alpha value is -1.87. The highest BCUT2D eigenvalue weighted by Crippen LogP contribution is 2.33. The maximum Gasteiger partial charge on any atom is 0.166 e. The molecule has 0 aliphatic heterocycles. The van der Waals surface area contributed by atoms with Crippen molar-refractivity contribution in [2.75, 3.05) is 0 Å². The highest BCUT2D eigenvalue weighted by molar-refractivity contribution is 5.41. The zero-order valence-electron chi connectivity index (χ0n) is 12.6. The second kappa shape index (κ2) is 6.72. The van der Waals surface area contributed by atoms with Gasteiger partial charge in [0, 0.05) is 0 Å². The van der Waals surface area contributed by atoms with Crippen molar-refractivity contribution in [3.63, 3.8) is 0 Å². The van der Waals surface area contributed by atoms with E-state index < -0.39 is 11.9 Å². The molecule has 0 spiro atoms. The third-order valence-electron chi connectivity index (χ3n) is 3.72. The largest absolute Gasteiger partial charge is 0.454 e. The van der Waals surface area contributed by atoms with Crippen LogP contribution in [0.1, 0.15) is 50.3 Å². The lowest BCUT2D eigenvalue weighted by atomic mass is 9.98. The summed E-state index contributed by atoms with van der Waals surface area (Å²) in [5, 5.41) is 9.47. The predicted octanol–water partition coefficient (Wildman–Crippen LogP) is 5.18. The molecule has 112 valence electrons. The zero-order valence-corrected chi connectivity index (χ0v) is 12.6. The molecule has 0 amide bonds. The maximum atomic E-state index is 14.1. The summed E-state index contributed by atoms with van der Waals surface area (Å²) in [5.74, 6) is 0.735. The van der Waals surface area contributed by atoms with Gasteiger partial charge in [0.15, 0.2) is 11.6 Å². The van der Waals surface area contributed by atoms with Crippen LogP contribution in [-0.4, -0.2) is 5.11 Å². The molecule has 3 heteroatoms. The third kappa shape index (κ3) is 3.61. The van der Waals surface area contributed by atoms with Crippen LogP contribution in [0.4, 0.5) is 4.39 Å². The zero-order chi connectivity index (χ0) is 15.4. The Morgan fingerprint density at radius 2 is 1.81 bits per heavy atom. The van der Waals surface area contributed by atoms with Gasteiger partial charge >= 0.3 is 0 Å². The average Bonchev–Trinajstić information content (AvgIpc) is 2.49. The maximum absolute atomic E-state index is 14.1. The van der Waals surface area contributed by atoms with E-state index in [1.54, 1.807) is 19.1 Å². The molecule has 1 N–H and O–H groups in total. The molecule has 0 heterocycles. The van der Waals surface area contributed by atoms with Crippen LogP contribution in [0.2, 0.25) is 0 Å². The predicted molar refractivity (Wildman–Crippen MR) is 82.3 cm³/mol. The van der Waals surface area contributed by atoms with E-state index in [9.17, 15) is 9.50 Å². The van der Waals surface area contributed by atoms with Crippen molar-refractivity contribution in [1.29, 1.82) is 0 Å². The Kier molecular flexibility index (Phi) is 4.97. The molecule has 2 rings (SSSR count). The van der Waals surface area contributed by atoms with Crippen molar-refractivity contribution in [3.8, 4) is 11.5 Å². The Labute approximate surface area is 125 Å². The van der Waals surface area contributed by atoms with Crippen molar-refractivity contribution < 1.29 is 14.2 Å². The van der Waals surface area contributed by atoms with Crippen molar-refractivity contribution in [2.24, 2.45) is 0 Å². The summed E-state index contributed by atoms with van der Waals surface area (Å²) >= 11 is 0. The number of halogens is 1. The fraction of sp³-hybridized carbons (Fsp3) is 0.333. The van der Waals surface area contributed by atoms with Crippen molar-refractivity contribution in [1.82, 2.24) is 0 Å². The molecular formula is C18H21FO2. The third-order valence-corrected chi connectivity index (χ3v) is 3.72. The lowest BCUT2D eigenvalue weighted by Gasteiger charge is -2.16. The first-order valence-corrected chi connectivity index (χ1v) is 7.27. The molecule has 0 aromatic heterocycles. The van der Waals surface area contributed by atoms with Gasteiger partial charge in [-0.3, -0.25) is 0 Å². The number of hydrogen-bond acceptors (Lipinski definition) is 2. The van der Waals surface area contributed by atoms with Gasteiger partial charge < -0.3 is 9.84 Å². The summed E-state index contributed by atoms with van der Waals surface area (Å²) in [6.07, 6.45) is 0.296. The van der Waals surface area contributed by atoms with Crippen LogP contribution in [0.3, 0.4) is 0 Å². The number of aliphatic hydroxyl groups excluding tert-OH is 1. The van der Waals surface area contributed by atoms with E-state index in [2.05, 4.69) is 13.8 Å². The van der Waals surface area contributed by atoms with E-state index >= 15 is 0 Å². The van der Waals surface area contributed by atoms with Gasteiger partial charge in [0.05, 0.1) is 6.10 Å². The number of para-hydroxylation sites is 1. The molecule has 2 nitrogen and oxygen atoms in total. The number of aliphatic hydroxyl groups is 1. The highest BCUT2D eigenvalue weighted by Gasteiger charge is 2.13. The van der Waals surface area contributed by atoms with Crippen LogP contribution in [0, 0.1) is 5.82 Å². The molecule has 0 aliphatic rings. The van der Waals surface area contributed by atoms with E-state index in [-0.39, 0.29) is 5.75 Å². The molecular weight excluding hydrogens is 267 g/mol. The first-order chi connectivity index (χ1) is 10.0. The first-order valence-electron chi connectivity index (χ1n) is 7.27. The molecule has 0 saturated heterocycles. The number of benzene rings is 2. The highest BCUT2D eigenvalue weighted by atomic mass is 19.1. The lowest BCUT2D eigenvalue weighted by molar-refractivity contribution is 0.198. The Morgan fingerprint density at radius 3 is 2.43 bits per heavy atom. The smallest absolute Gasteiger partial charge is 0.166 e. The summed E-state index contributed by atoms with van der Waals surface area (Å²) < 4.78 is 19.8. The summed E-state index contributed by atoms with van der Waals surface area (Å²) in [4.78, 5) is 0. The summed E-state index contributed by atoms with van der Waals surface area (Å²) in [6, 6.07) is 12.2. The van der Waals surface area contributed by atoms with Crippen LogP contribution >= 0.6 is 0 Å². The van der Waals surface area contributed by atoms with Gasteiger partial charge in [-0.15, -0.1) is 0 Å². The number of rotatable bonds is 5. The summed E-state index contributed by atoms with van der Waals surface area (Å²) in [6.45, 7) is 5.84. The molecule has 0 aliphatic carbocycles. The van der Waals surface area contributed by atoms with Crippen LogP contribution in [-0.2, 0) is 0 Å². The van der Waals surface area contributed by atoms with Gasteiger partial charge in [-0.05, 0) is 48.6 Å². The topological polar surface area (TPSA) is 29.5 Å². The van der Waals surface area contributed by atoms with Crippen LogP contribution < -0.4 is 4.74 Å². The van der Waals surface area contributed by atoms with E-state index in [0.29, 0.717) is 17.2 Å². The molecule has 0 fully saturated rings. The Bertz CT molecular complexity index is 608. The lowest BCUT2D eigenvalue weighted by Crippen LogP contribution is -1.98. The summed E-state index contributed by atoms with van der Waals surface area (Å²) in [5.41, 5.74) is 1.61. The normalized spacial score (nSPS) is 13.8. The molecule has 1 unspecified atom stereocenters. The van der Waals surface area contributed by atoms with Gasteiger partial charge in [0.25, 0.3) is 0 Å². The standard InChI is InChI=1S/C18H21FO2/c1-4-12(2)15-7-5-6-8-17(15)21-18-10-9-14(13(3)20)11-16(18)19/h5-13,20H,4H2,1-3H3/t12?,13-/m0/s1. The van der Waals surface area contributed by atoms with E-state index in [1.165, 1.54) is 6.07 Å². The Balaban J connectivity index is 2.30. The molecule has 0 saturated carbocycles. The van der Waals surface area contributed by atoms with E-state index in [1.807, 2.05) is 24.3 Å². The molecule has 2 atom stereocenters. The van der Waals surface area contributed by atoms with Crippen LogP contribution in [0.5, 0.6) is 11.5 Å². The van der Waals surface area contributed by atoms with Crippen molar-refractivity contribution in [3.05, 3.63) is 59.4 Å². The van der Waals surface area contributed by atoms with Gasteiger partial charge in [-0.25, -0.2) is 4.39 Å². The molecule has 2 aromatic carbocycles. The minimum absolute atomic E-state index is 0.176. The monoisotopic (exact) mass is 288 g/mol. The summed E-state index contributed by atoms with van der Waals surface area (Å²) in [7, 11) is 0. The second-order valence-electron chi connectivity index (χ2n) is 5.32. The van der Waals surface area contributed by atoms with Crippen molar-refractivity contribution >= 4 is 0 Å². The average molecular weight is 288 g/mol. The molecule has 0 bridgehead atoms. The van der Waals surface area contributed by atoms with Crippen LogP contribution in [0.15, 0.2) is 42.5 Å². The van der Waals surface area contributed by atoms with Gasteiger partial charge in [0.1, 0.15) is 5.75 Å². The van der Waals surface area contributed by atoms with Crippen molar-refractivity contribution in [2.45, 2.75) is 39.2 Å². The quantitative estimate of drug-likeness (QED) is 0.821. The van der Waals surface area contributed by atoms with Gasteiger partial charge in [-0.2, -0.15) is 0 Å². The van der Waals surface area contributed by atoms with Gasteiger partial charge in [-0.1, -0.05) is 38.1 Å². The minimum Gasteiger partial charge on any atom is -0.454 e. The van der Waals surface area contributed by atoms with E-state index in [0.717, 1.165) is 12.0 Å². The number of hydrogen-bond donors (Lipinski definition) is 1. The Morgan fingerprint density at radius 1 is 1.10 bits per heavy atom. The minimum atomic E-state index is -0.694. The second-order valence-corrected chi connectivity index (χ2v) is 5.32. The molecule has 21 heavy (non-hydrogen) atoms. The van der Waals surface area contributed by atoms with Crippen LogP contribution in [0.25, 0.3) is 0 Å². The molecule has 2 aromatic rings. The fourth-order valence-electron chi connectivity index (χ4n) is 2.18. The SMILES string of the molecule is CCC(C)c1ccccc1Oc1ccc([C@H](C)O)cc1F. The van der Waals surface area contributed by atoms with Gasteiger partial charge in [0.2, 0.25) is 0 Å². The fourth-order valence-corrected chi connectivity index (χ4v) is 2.18. The molecule has 0 radical (unpaired) electrons. The first kappa shape index (κ1) is 15.5. The number of ether oxygens (including phenoxy) is 1.